The van der Waals surface area contributed by atoms with E-state index in [1.54, 1.807) is 6.07 Å². The molecule has 1 N–H and O–H groups in total. The topological polar surface area (TPSA) is 29.9 Å². The van der Waals surface area contributed by atoms with E-state index in [4.69, 9.17) is 0 Å². The van der Waals surface area contributed by atoms with E-state index in [1.807, 2.05) is 30.7 Å². The maximum absolute atomic E-state index is 13.9. The number of hydrogen-bond donors (Lipinski definition) is 1. The van der Waals surface area contributed by atoms with Crippen LogP contribution in [0, 0.1) is 19.7 Å². The third-order valence-corrected chi connectivity index (χ3v) is 4.04. The quantitative estimate of drug-likeness (QED) is 0.899. The van der Waals surface area contributed by atoms with Gasteiger partial charge in [0.25, 0.3) is 0 Å². The number of benzene rings is 1. The molecule has 21 heavy (non-hydrogen) atoms. The fraction of sp³-hybridized carbons (Fsp3) is 0.471. The van der Waals surface area contributed by atoms with E-state index >= 15 is 0 Å². The predicted octanol–water partition coefficient (Wildman–Crippen LogP) is 4.07. The fourth-order valence-electron chi connectivity index (χ4n) is 3.02. The van der Waals surface area contributed by atoms with Gasteiger partial charge in [-0.3, -0.25) is 4.68 Å². The van der Waals surface area contributed by atoms with Crippen molar-refractivity contribution in [3.63, 3.8) is 0 Å². The van der Waals surface area contributed by atoms with Gasteiger partial charge >= 0.3 is 0 Å². The highest BCUT2D eigenvalue weighted by Crippen LogP contribution is 2.25. The van der Waals surface area contributed by atoms with Gasteiger partial charge in [0.15, 0.2) is 0 Å². The van der Waals surface area contributed by atoms with Crippen molar-refractivity contribution in [3.8, 4) is 0 Å². The molecule has 2 rings (SSSR count). The Labute approximate surface area is 126 Å². The summed E-state index contributed by atoms with van der Waals surface area (Å²) in [6, 6.07) is 6.99. The molecule has 0 radical (unpaired) electrons. The molecule has 0 spiro atoms. The van der Waals surface area contributed by atoms with Crippen molar-refractivity contribution in [1.29, 1.82) is 0 Å². The van der Waals surface area contributed by atoms with E-state index in [-0.39, 0.29) is 17.9 Å². The summed E-state index contributed by atoms with van der Waals surface area (Å²) in [4.78, 5) is 0. The lowest BCUT2D eigenvalue weighted by molar-refractivity contribution is 0.471. The maximum Gasteiger partial charge on any atom is 0.127 e. The summed E-state index contributed by atoms with van der Waals surface area (Å²) in [6.45, 7) is 11.2. The third-order valence-electron chi connectivity index (χ3n) is 4.04. The molecule has 1 aromatic heterocycles. The van der Waals surface area contributed by atoms with Crippen LogP contribution in [0.5, 0.6) is 0 Å². The van der Waals surface area contributed by atoms with E-state index in [0.29, 0.717) is 5.56 Å². The summed E-state index contributed by atoms with van der Waals surface area (Å²) in [6.07, 6.45) is 0. The summed E-state index contributed by atoms with van der Waals surface area (Å²) in [5.74, 6) is -0.164. The molecule has 2 atom stereocenters. The zero-order chi connectivity index (χ0) is 15.6. The number of nitrogens with one attached hydrogen (secondary N) is 1. The Balaban J connectivity index is 2.20. The minimum Gasteiger partial charge on any atom is -0.303 e. The van der Waals surface area contributed by atoms with Crippen LogP contribution in [-0.4, -0.2) is 9.78 Å². The number of hydrogen-bond acceptors (Lipinski definition) is 2. The van der Waals surface area contributed by atoms with Gasteiger partial charge < -0.3 is 5.32 Å². The number of halogens is 1. The van der Waals surface area contributed by atoms with E-state index in [2.05, 4.69) is 31.2 Å². The molecular formula is C17H24FN3. The second-order valence-electron chi connectivity index (χ2n) is 5.53. The van der Waals surface area contributed by atoms with Crippen LogP contribution >= 0.6 is 0 Å². The highest BCUT2D eigenvalue weighted by Gasteiger charge is 2.20. The summed E-state index contributed by atoms with van der Waals surface area (Å²) in [7, 11) is 0. The molecule has 1 heterocycles. The van der Waals surface area contributed by atoms with Gasteiger partial charge in [-0.25, -0.2) is 4.39 Å². The number of aryl methyl sites for hydroxylation is 2. The van der Waals surface area contributed by atoms with Gasteiger partial charge in [-0.15, -0.1) is 0 Å². The van der Waals surface area contributed by atoms with Crippen molar-refractivity contribution in [2.45, 2.75) is 53.2 Å². The maximum atomic E-state index is 13.9. The van der Waals surface area contributed by atoms with Gasteiger partial charge in [0, 0.05) is 35.4 Å². The van der Waals surface area contributed by atoms with E-state index in [9.17, 15) is 4.39 Å². The molecule has 3 nitrogen and oxygen atoms in total. The summed E-state index contributed by atoms with van der Waals surface area (Å²) >= 11 is 0. The minimum absolute atomic E-state index is 0.0509. The Morgan fingerprint density at radius 3 is 2.43 bits per heavy atom. The smallest absolute Gasteiger partial charge is 0.127 e. The lowest BCUT2D eigenvalue weighted by atomic mass is 10.0. The lowest BCUT2D eigenvalue weighted by Crippen LogP contribution is -2.24. The molecule has 0 saturated carbocycles. The van der Waals surface area contributed by atoms with Crippen molar-refractivity contribution in [2.75, 3.05) is 0 Å². The molecule has 0 bridgehead atoms. The molecule has 0 aliphatic carbocycles. The summed E-state index contributed by atoms with van der Waals surface area (Å²) in [5, 5.41) is 8.03. The molecule has 0 fully saturated rings. The largest absolute Gasteiger partial charge is 0.303 e. The standard InChI is InChI=1S/C17H24FN3/c1-6-21-14(5)17(13(4)20-21)12(3)19-11(2)15-9-7-8-10-16(15)18/h7-12,19H,6H2,1-5H3/t11-,12?/m1/s1. The van der Waals surface area contributed by atoms with Crippen LogP contribution in [0.2, 0.25) is 0 Å². The Morgan fingerprint density at radius 2 is 1.86 bits per heavy atom. The monoisotopic (exact) mass is 289 g/mol. The summed E-state index contributed by atoms with van der Waals surface area (Å²) in [5.41, 5.74) is 4.12. The average molecular weight is 289 g/mol. The normalized spacial score (nSPS) is 14.2. The Kier molecular flexibility index (Phi) is 4.78. The molecule has 0 amide bonds. The van der Waals surface area contributed by atoms with Crippen LogP contribution in [0.1, 0.15) is 55.4 Å². The van der Waals surface area contributed by atoms with Gasteiger partial charge in [0.05, 0.1) is 5.69 Å². The van der Waals surface area contributed by atoms with Gasteiger partial charge in [-0.1, -0.05) is 18.2 Å². The van der Waals surface area contributed by atoms with E-state index in [0.717, 1.165) is 12.2 Å². The number of nitrogens with zero attached hydrogens (tertiary/aromatic N) is 2. The van der Waals surface area contributed by atoms with Crippen LogP contribution in [-0.2, 0) is 6.54 Å². The second-order valence-corrected chi connectivity index (χ2v) is 5.53. The van der Waals surface area contributed by atoms with E-state index < -0.39 is 0 Å². The second kappa shape index (κ2) is 6.39. The van der Waals surface area contributed by atoms with Crippen molar-refractivity contribution in [3.05, 3.63) is 52.6 Å². The molecule has 4 heteroatoms. The number of rotatable bonds is 5. The SMILES string of the molecule is CCn1nc(C)c(C(C)N[C@H](C)c2ccccc2F)c1C. The molecular weight excluding hydrogens is 265 g/mol. The van der Waals surface area contributed by atoms with Crippen molar-refractivity contribution in [2.24, 2.45) is 0 Å². The molecule has 1 unspecified atom stereocenters. The van der Waals surface area contributed by atoms with Crippen LogP contribution in [0.15, 0.2) is 24.3 Å². The Bertz CT molecular complexity index is 618. The van der Waals surface area contributed by atoms with Crippen molar-refractivity contribution >= 4 is 0 Å². The lowest BCUT2D eigenvalue weighted by Gasteiger charge is -2.21. The third kappa shape index (κ3) is 3.16. The Hall–Kier alpha value is -1.68. The first-order valence-electron chi connectivity index (χ1n) is 7.50. The highest BCUT2D eigenvalue weighted by atomic mass is 19.1. The minimum atomic E-state index is -0.164. The molecule has 2 aromatic rings. The van der Waals surface area contributed by atoms with Gasteiger partial charge in [0.2, 0.25) is 0 Å². The fourth-order valence-corrected chi connectivity index (χ4v) is 3.02. The summed E-state index contributed by atoms with van der Waals surface area (Å²) < 4.78 is 15.9. The first-order chi connectivity index (χ1) is 9.95. The van der Waals surface area contributed by atoms with Crippen molar-refractivity contribution in [1.82, 2.24) is 15.1 Å². The first-order valence-corrected chi connectivity index (χ1v) is 7.50. The predicted molar refractivity (Wildman–Crippen MR) is 83.7 cm³/mol. The van der Waals surface area contributed by atoms with Crippen molar-refractivity contribution < 1.29 is 4.39 Å². The highest BCUT2D eigenvalue weighted by molar-refractivity contribution is 5.29. The van der Waals surface area contributed by atoms with Gasteiger partial charge in [0.1, 0.15) is 5.82 Å². The number of aromatic nitrogens is 2. The molecule has 1 aromatic carbocycles. The molecule has 0 saturated heterocycles. The van der Waals surface area contributed by atoms with Crippen LogP contribution in [0.4, 0.5) is 4.39 Å². The zero-order valence-electron chi connectivity index (χ0n) is 13.4. The van der Waals surface area contributed by atoms with E-state index in [1.165, 1.54) is 17.3 Å². The van der Waals surface area contributed by atoms with Crippen LogP contribution in [0.25, 0.3) is 0 Å². The molecule has 114 valence electrons. The molecule has 0 aliphatic heterocycles. The molecule has 0 aliphatic rings. The van der Waals surface area contributed by atoms with Gasteiger partial charge in [-0.05, 0) is 40.7 Å². The first kappa shape index (κ1) is 15.7. The van der Waals surface area contributed by atoms with Crippen LogP contribution in [0.3, 0.4) is 0 Å². The van der Waals surface area contributed by atoms with Crippen LogP contribution < -0.4 is 5.32 Å². The Morgan fingerprint density at radius 1 is 1.19 bits per heavy atom. The average Bonchev–Trinajstić information content (AvgIpc) is 2.73. The zero-order valence-corrected chi connectivity index (χ0v) is 13.4. The van der Waals surface area contributed by atoms with Gasteiger partial charge in [-0.2, -0.15) is 5.10 Å².